The van der Waals surface area contributed by atoms with Gasteiger partial charge in [-0.15, -0.1) is 10.2 Å². The highest BCUT2D eigenvalue weighted by Gasteiger charge is 2.39. The first-order valence-electron chi connectivity index (χ1n) is 6.46. The smallest absolute Gasteiger partial charge is 0.234 e. The second-order valence-electron chi connectivity index (χ2n) is 7.22. The monoisotopic (exact) mass is 281 g/mol. The Morgan fingerprint density at radius 1 is 1.00 bits per heavy atom. The third-order valence-corrected chi connectivity index (χ3v) is 5.03. The zero-order valence-electron chi connectivity index (χ0n) is 12.8. The Kier molecular flexibility index (Phi) is 3.03. The molecule has 2 aromatic heterocycles. The quantitative estimate of drug-likeness (QED) is 0.918. The highest BCUT2D eigenvalue weighted by molar-refractivity contribution is 7.16. The number of hydrogen-bond acceptors (Lipinski definition) is 5. The molecule has 2 aromatic rings. The summed E-state index contributed by atoms with van der Waals surface area (Å²) in [6.07, 6.45) is 0. The van der Waals surface area contributed by atoms with Gasteiger partial charge in [-0.25, -0.2) is 0 Å². The van der Waals surface area contributed by atoms with E-state index in [1.54, 1.807) is 11.3 Å². The van der Waals surface area contributed by atoms with Crippen LogP contribution in [0.25, 0.3) is 4.96 Å². The number of hydrogen-bond donors (Lipinski definition) is 1. The number of nitrogens with two attached hydrogens (primary N) is 1. The fourth-order valence-corrected chi connectivity index (χ4v) is 2.72. The summed E-state index contributed by atoms with van der Waals surface area (Å²) in [6, 6.07) is 0. The summed E-state index contributed by atoms with van der Waals surface area (Å²) in [5.74, 6) is 0.885. The third kappa shape index (κ3) is 2.27. The lowest BCUT2D eigenvalue weighted by molar-refractivity contribution is 0.302. The van der Waals surface area contributed by atoms with Crippen molar-refractivity contribution >= 4 is 16.3 Å². The molecule has 0 saturated heterocycles. The molecule has 2 rings (SSSR count). The van der Waals surface area contributed by atoms with Crippen LogP contribution in [0.2, 0.25) is 0 Å². The topological polar surface area (TPSA) is 69.1 Å². The lowest BCUT2D eigenvalue weighted by Crippen LogP contribution is -2.50. The zero-order chi connectivity index (χ0) is 14.6. The Bertz CT molecular complexity index is 595. The van der Waals surface area contributed by atoms with Gasteiger partial charge >= 0.3 is 0 Å². The molecule has 6 heteroatoms. The van der Waals surface area contributed by atoms with Gasteiger partial charge in [0, 0.05) is 16.4 Å². The largest absolute Gasteiger partial charge is 0.325 e. The van der Waals surface area contributed by atoms with Gasteiger partial charge in [0.1, 0.15) is 5.01 Å². The Morgan fingerprint density at radius 3 is 2.05 bits per heavy atom. The van der Waals surface area contributed by atoms with Gasteiger partial charge in [0.05, 0.1) is 0 Å². The molecular formula is C13H23N5S. The molecule has 2 N–H and O–H groups in total. The maximum absolute atomic E-state index is 6.28. The van der Waals surface area contributed by atoms with E-state index in [-0.39, 0.29) is 16.4 Å². The van der Waals surface area contributed by atoms with Crippen LogP contribution in [0.15, 0.2) is 0 Å². The summed E-state index contributed by atoms with van der Waals surface area (Å²) in [5, 5.41) is 14.2. The van der Waals surface area contributed by atoms with Crippen LogP contribution >= 0.6 is 11.3 Å². The van der Waals surface area contributed by atoms with E-state index in [9.17, 15) is 0 Å². The van der Waals surface area contributed by atoms with E-state index >= 15 is 0 Å². The summed E-state index contributed by atoms with van der Waals surface area (Å²) < 4.78 is 1.85. The van der Waals surface area contributed by atoms with Crippen molar-refractivity contribution < 1.29 is 0 Å². The summed E-state index contributed by atoms with van der Waals surface area (Å²) >= 11 is 1.57. The minimum atomic E-state index is -0.349. The van der Waals surface area contributed by atoms with Crippen LogP contribution in [-0.2, 0) is 10.8 Å². The first-order chi connectivity index (χ1) is 8.44. The maximum Gasteiger partial charge on any atom is 0.234 e. The summed E-state index contributed by atoms with van der Waals surface area (Å²) in [6.45, 7) is 14.6. The van der Waals surface area contributed by atoms with E-state index in [1.807, 2.05) is 18.4 Å². The van der Waals surface area contributed by atoms with Crippen LogP contribution in [0.5, 0.6) is 0 Å². The fourth-order valence-electron chi connectivity index (χ4n) is 1.61. The standard InChI is InChI=1S/C13H23N5S/c1-11(2,3)8-15-16-10-18(8)17-9(19-10)12(4,5)13(6,7)14/h14H2,1-7H3. The first-order valence-corrected chi connectivity index (χ1v) is 7.28. The first kappa shape index (κ1) is 14.4. The average Bonchev–Trinajstić information content (AvgIpc) is 2.70. The molecule has 5 nitrogen and oxygen atoms in total. The minimum absolute atomic E-state index is 0.0763. The molecule has 0 spiro atoms. The van der Waals surface area contributed by atoms with Crippen LogP contribution in [0.4, 0.5) is 0 Å². The third-order valence-electron chi connectivity index (χ3n) is 3.81. The second kappa shape index (κ2) is 3.99. The van der Waals surface area contributed by atoms with Crippen LogP contribution in [0, 0.1) is 0 Å². The van der Waals surface area contributed by atoms with Gasteiger partial charge in [0.15, 0.2) is 5.82 Å². The predicted octanol–water partition coefficient (Wildman–Crippen LogP) is 2.50. The van der Waals surface area contributed by atoms with Crippen LogP contribution in [-0.4, -0.2) is 25.4 Å². The lowest BCUT2D eigenvalue weighted by Gasteiger charge is -2.36. The van der Waals surface area contributed by atoms with Gasteiger partial charge in [-0.2, -0.15) is 9.61 Å². The molecule has 0 unspecified atom stereocenters. The molecule has 0 aliphatic rings. The number of rotatable bonds is 2. The van der Waals surface area contributed by atoms with Crippen molar-refractivity contribution in [3.8, 4) is 0 Å². The zero-order valence-corrected chi connectivity index (χ0v) is 13.6. The van der Waals surface area contributed by atoms with Gasteiger partial charge in [-0.05, 0) is 13.8 Å². The van der Waals surface area contributed by atoms with Crippen LogP contribution < -0.4 is 5.73 Å². The van der Waals surface area contributed by atoms with E-state index < -0.39 is 0 Å². The molecule has 19 heavy (non-hydrogen) atoms. The summed E-state index contributed by atoms with van der Waals surface area (Å²) in [7, 11) is 0. The fraction of sp³-hybridized carbons (Fsp3) is 0.769. The van der Waals surface area contributed by atoms with Crippen molar-refractivity contribution in [3.63, 3.8) is 0 Å². The molecule has 106 valence electrons. The van der Waals surface area contributed by atoms with E-state index in [0.29, 0.717) is 0 Å². The van der Waals surface area contributed by atoms with Gasteiger partial charge in [0.25, 0.3) is 0 Å². The van der Waals surface area contributed by atoms with Gasteiger partial charge in [-0.3, -0.25) is 0 Å². The second-order valence-corrected chi connectivity index (χ2v) is 8.18. The van der Waals surface area contributed by atoms with E-state index in [4.69, 9.17) is 10.8 Å². The maximum atomic E-state index is 6.28. The molecule has 0 aromatic carbocycles. The molecule has 0 amide bonds. The SMILES string of the molecule is CC(C)(C)c1nnc2sc(C(C)(C)C(C)(C)N)nn12. The van der Waals surface area contributed by atoms with Crippen LogP contribution in [0.1, 0.15) is 59.3 Å². The number of nitrogens with zero attached hydrogens (tertiary/aromatic N) is 4. The predicted molar refractivity (Wildman–Crippen MR) is 78.7 cm³/mol. The molecule has 0 saturated carbocycles. The van der Waals surface area contributed by atoms with Crippen molar-refractivity contribution in [2.75, 3.05) is 0 Å². The van der Waals surface area contributed by atoms with Crippen molar-refractivity contribution in [2.24, 2.45) is 5.73 Å². The van der Waals surface area contributed by atoms with E-state index in [2.05, 4.69) is 44.8 Å². The molecule has 0 atom stereocenters. The summed E-state index contributed by atoms with van der Waals surface area (Å²) in [4.78, 5) is 0.831. The average molecular weight is 281 g/mol. The molecule has 2 heterocycles. The van der Waals surface area contributed by atoms with Gasteiger partial charge in [0.2, 0.25) is 4.96 Å². The normalized spacial score (nSPS) is 14.3. The Hall–Kier alpha value is -1.01. The van der Waals surface area contributed by atoms with E-state index in [1.165, 1.54) is 0 Å². The molecule has 0 fully saturated rings. The molecule has 0 aliphatic carbocycles. The van der Waals surface area contributed by atoms with Crippen molar-refractivity contribution in [1.29, 1.82) is 0 Å². The van der Waals surface area contributed by atoms with Crippen molar-refractivity contribution in [3.05, 3.63) is 10.8 Å². The van der Waals surface area contributed by atoms with E-state index in [0.717, 1.165) is 15.8 Å². The number of fused-ring (bicyclic) bond motifs is 1. The van der Waals surface area contributed by atoms with Crippen molar-refractivity contribution in [1.82, 2.24) is 19.8 Å². The lowest BCUT2D eigenvalue weighted by atomic mass is 9.76. The molecular weight excluding hydrogens is 258 g/mol. The summed E-state index contributed by atoms with van der Waals surface area (Å²) in [5.41, 5.74) is 5.64. The highest BCUT2D eigenvalue weighted by Crippen LogP contribution is 2.36. The molecule has 0 aliphatic heterocycles. The van der Waals surface area contributed by atoms with Crippen LogP contribution in [0.3, 0.4) is 0 Å². The Balaban J connectivity index is 2.58. The highest BCUT2D eigenvalue weighted by atomic mass is 32.1. The Morgan fingerprint density at radius 2 is 1.58 bits per heavy atom. The minimum Gasteiger partial charge on any atom is -0.325 e. The molecule has 0 bridgehead atoms. The molecule has 0 radical (unpaired) electrons. The Labute approximate surface area is 118 Å². The number of aromatic nitrogens is 4. The van der Waals surface area contributed by atoms with Gasteiger partial charge in [-0.1, -0.05) is 46.0 Å². The van der Waals surface area contributed by atoms with Gasteiger partial charge < -0.3 is 5.73 Å². The van der Waals surface area contributed by atoms with Crippen molar-refractivity contribution in [2.45, 2.75) is 64.8 Å².